The van der Waals surface area contributed by atoms with Gasteiger partial charge in [-0.2, -0.15) is 0 Å². The largest absolute Gasteiger partial charge is 0.456 e. The highest BCUT2D eigenvalue weighted by atomic mass is 32.1. The van der Waals surface area contributed by atoms with Crippen LogP contribution in [-0.2, 0) is 0 Å². The fraction of sp³-hybridized carbons (Fsp3) is 0. The van der Waals surface area contributed by atoms with Crippen LogP contribution in [-0.4, -0.2) is 24.9 Å². The molecule has 0 unspecified atom stereocenters. The zero-order chi connectivity index (χ0) is 93.8. The van der Waals surface area contributed by atoms with Crippen LogP contribution < -0.4 is 0 Å². The van der Waals surface area contributed by atoms with Crippen LogP contribution >= 0.6 is 11.3 Å². The lowest BCUT2D eigenvalue weighted by atomic mass is 9.91. The van der Waals surface area contributed by atoms with Gasteiger partial charge in [-0.3, -0.25) is 24.9 Å². The Morgan fingerprint density at radius 2 is 0.510 bits per heavy atom. The van der Waals surface area contributed by atoms with Crippen LogP contribution in [0, 0.1) is 0 Å². The molecule has 8 heteroatoms. The quantitative estimate of drug-likeness (QED) is 0.140. The number of benzene rings is 23. The summed E-state index contributed by atoms with van der Waals surface area (Å²) in [5.41, 5.74) is 27.2. The molecule has 23 aromatic carbocycles. The lowest BCUT2D eigenvalue weighted by molar-refractivity contribution is 0.668. The van der Waals surface area contributed by atoms with Gasteiger partial charge in [-0.1, -0.05) is 322 Å². The number of fused-ring (bicyclic) bond motifs is 33. The van der Waals surface area contributed by atoms with E-state index in [0.717, 1.165) is 126 Å². The lowest BCUT2D eigenvalue weighted by Gasteiger charge is -2.13. The molecule has 662 valence electrons. The molecule has 0 bridgehead atoms. The number of furan rings is 2. The Balaban J connectivity index is 0.000000103. The van der Waals surface area contributed by atoms with Gasteiger partial charge in [-0.15, -0.1) is 11.3 Å². The van der Waals surface area contributed by atoms with Crippen molar-refractivity contribution in [3.05, 3.63) is 480 Å². The Hall–Kier alpha value is -18.7. The molecule has 0 amide bonds. The number of aromatic nitrogens is 5. The highest BCUT2D eigenvalue weighted by molar-refractivity contribution is 7.26. The van der Waals surface area contributed by atoms with Crippen LogP contribution in [0.4, 0.5) is 0 Å². The van der Waals surface area contributed by atoms with Gasteiger partial charge in [-0.25, -0.2) is 0 Å². The summed E-state index contributed by atoms with van der Waals surface area (Å²) in [6.45, 7) is 0. The van der Waals surface area contributed by atoms with E-state index >= 15 is 0 Å². The van der Waals surface area contributed by atoms with E-state index in [1.165, 1.54) is 178 Å². The Bertz CT molecular complexity index is 10400. The van der Waals surface area contributed by atoms with Gasteiger partial charge in [0.05, 0.1) is 27.6 Å². The third-order valence-electron chi connectivity index (χ3n) is 29.5. The maximum atomic E-state index is 6.48. The Kier molecular flexibility index (Phi) is 18.8. The molecular weight excluding hydrogens is 1760 g/mol. The van der Waals surface area contributed by atoms with Gasteiger partial charge in [0.15, 0.2) is 0 Å². The molecule has 0 spiro atoms. The van der Waals surface area contributed by atoms with Crippen LogP contribution in [0.15, 0.2) is 489 Å². The summed E-state index contributed by atoms with van der Waals surface area (Å²) in [6, 6.07) is 162. The van der Waals surface area contributed by atoms with E-state index < -0.39 is 0 Å². The van der Waals surface area contributed by atoms with Gasteiger partial charge in [0.2, 0.25) is 0 Å². The number of hydrogen-bond donors (Lipinski definition) is 0. The van der Waals surface area contributed by atoms with Gasteiger partial charge in [0.1, 0.15) is 22.3 Å². The average Bonchev–Trinajstić information content (AvgIpc) is 1.60. The summed E-state index contributed by atoms with van der Waals surface area (Å²) in [5, 5.41) is 35.3. The third-order valence-corrected chi connectivity index (χ3v) is 30.7. The molecule has 0 fully saturated rings. The second kappa shape index (κ2) is 33.0. The molecule has 8 aromatic heterocycles. The van der Waals surface area contributed by atoms with Gasteiger partial charge in [0, 0.05) is 105 Å². The number of pyridine rings is 5. The van der Waals surface area contributed by atoms with Crippen LogP contribution in [0.1, 0.15) is 0 Å². The molecule has 0 atom stereocenters. The van der Waals surface area contributed by atoms with Crippen LogP contribution in [0.3, 0.4) is 0 Å². The average molecular weight is 1840 g/mol. The summed E-state index contributed by atoms with van der Waals surface area (Å²) < 4.78 is 15.5. The van der Waals surface area contributed by atoms with Crippen molar-refractivity contribution in [2.75, 3.05) is 0 Å². The Labute approximate surface area is 823 Å². The minimum absolute atomic E-state index is 0.868. The molecule has 8 heterocycles. The minimum atomic E-state index is 0.868. The SMILES string of the molecule is c1cc(-c2ccc3c4ccccc4c4ccccc4c3c2)cc(-c2ccc3oc4cccc(-c5cc6cccnc6c6ncccc56)c4c3c2)c1.c1cc(-c2ccc3c4ccccc4c4ccccc4c3c2)cc(-c2ccc3sc4cccc(-c5cccc6ncc7cccnc7c56)c4c3c2)c1.c1ccc2c(c1)ccc1ccc(-c3ccc4oc5cccc(-c6cccc7ccc8cccnc8c67)c5c4c3)cc12. The van der Waals surface area contributed by atoms with Crippen molar-refractivity contribution in [2.24, 2.45) is 0 Å². The first-order valence-electron chi connectivity index (χ1n) is 48.6. The summed E-state index contributed by atoms with van der Waals surface area (Å²) in [7, 11) is 0. The van der Waals surface area contributed by atoms with Crippen molar-refractivity contribution >= 4 is 227 Å². The summed E-state index contributed by atoms with van der Waals surface area (Å²) >= 11 is 1.85. The second-order valence-electron chi connectivity index (χ2n) is 37.4. The van der Waals surface area contributed by atoms with E-state index in [1.807, 2.05) is 66.6 Å². The lowest BCUT2D eigenvalue weighted by Crippen LogP contribution is -1.89. The van der Waals surface area contributed by atoms with Crippen LogP contribution in [0.5, 0.6) is 0 Å². The van der Waals surface area contributed by atoms with Crippen molar-refractivity contribution in [3.8, 4) is 89.0 Å². The van der Waals surface area contributed by atoms with Crippen molar-refractivity contribution < 1.29 is 8.83 Å². The summed E-state index contributed by atoms with van der Waals surface area (Å²) in [6.07, 6.45) is 9.36. The molecule has 0 aliphatic rings. The first-order valence-corrected chi connectivity index (χ1v) is 49.4. The van der Waals surface area contributed by atoms with Gasteiger partial charge < -0.3 is 8.83 Å². The maximum Gasteiger partial charge on any atom is 0.136 e. The van der Waals surface area contributed by atoms with Crippen molar-refractivity contribution in [1.29, 1.82) is 0 Å². The van der Waals surface area contributed by atoms with E-state index in [9.17, 15) is 0 Å². The number of nitrogens with zero attached hydrogens (tertiary/aromatic N) is 5. The molecule has 0 saturated carbocycles. The van der Waals surface area contributed by atoms with E-state index in [-0.39, 0.29) is 0 Å². The summed E-state index contributed by atoms with van der Waals surface area (Å²) in [5.74, 6) is 0. The van der Waals surface area contributed by atoms with Crippen LogP contribution in [0.25, 0.3) is 305 Å². The van der Waals surface area contributed by atoms with E-state index in [4.69, 9.17) is 28.8 Å². The second-order valence-corrected chi connectivity index (χ2v) is 38.5. The predicted molar refractivity (Wildman–Crippen MR) is 604 cm³/mol. The molecule has 31 aromatic rings. The fourth-order valence-corrected chi connectivity index (χ4v) is 24.0. The topological polar surface area (TPSA) is 90.7 Å². The van der Waals surface area contributed by atoms with Crippen molar-refractivity contribution in [3.63, 3.8) is 0 Å². The van der Waals surface area contributed by atoms with Gasteiger partial charge in [-0.05, 0) is 308 Å². The molecular formula is C135H79N5O2S. The fourth-order valence-electron chi connectivity index (χ4n) is 22.9. The van der Waals surface area contributed by atoms with E-state index in [1.54, 1.807) is 0 Å². The van der Waals surface area contributed by atoms with Crippen molar-refractivity contribution in [1.82, 2.24) is 24.9 Å². The van der Waals surface area contributed by atoms with Crippen LogP contribution in [0.2, 0.25) is 0 Å². The molecule has 0 aliphatic carbocycles. The number of hydrogen-bond acceptors (Lipinski definition) is 8. The molecule has 0 saturated heterocycles. The van der Waals surface area contributed by atoms with E-state index in [2.05, 4.69) is 430 Å². The smallest absolute Gasteiger partial charge is 0.136 e. The highest BCUT2D eigenvalue weighted by Gasteiger charge is 2.24. The molecule has 0 N–H and O–H groups in total. The normalized spacial score (nSPS) is 11.9. The zero-order valence-electron chi connectivity index (χ0n) is 77.1. The molecule has 31 rings (SSSR count). The van der Waals surface area contributed by atoms with Gasteiger partial charge >= 0.3 is 0 Å². The van der Waals surface area contributed by atoms with Crippen molar-refractivity contribution in [2.45, 2.75) is 0 Å². The van der Waals surface area contributed by atoms with Gasteiger partial charge in [0.25, 0.3) is 0 Å². The number of thiophene rings is 1. The number of rotatable bonds is 8. The maximum absolute atomic E-state index is 6.48. The zero-order valence-corrected chi connectivity index (χ0v) is 77.9. The Morgan fingerprint density at radius 3 is 1.09 bits per heavy atom. The monoisotopic (exact) mass is 1830 g/mol. The highest BCUT2D eigenvalue weighted by Crippen LogP contribution is 2.50. The first-order chi connectivity index (χ1) is 70.9. The molecule has 7 nitrogen and oxygen atoms in total. The third kappa shape index (κ3) is 13.4. The summed E-state index contributed by atoms with van der Waals surface area (Å²) in [4.78, 5) is 23.9. The minimum Gasteiger partial charge on any atom is -0.456 e. The Morgan fingerprint density at radius 1 is 0.154 bits per heavy atom. The molecule has 143 heavy (non-hydrogen) atoms. The standard InChI is InChI=1S/C48H28N2O.C48H28N2S.C39H23NO/c1-2-14-36-34(12-1)35-13-3-4-15-37(35)41-26-31(19-21-38(36)41)29-9-5-10-30(25-29)32-20-22-44-43(27-32)46-39(16-6-18-45(46)51-44)42-28-33-11-7-23-49-47(33)48-40(42)17-8-24-50-48;1-2-14-36-34(12-1)35-13-3-4-15-37(35)41-26-31(20-22-38(36)41)29-9-5-10-30(25-29)32-21-23-44-42(27-32)46-39(17-7-19-45(46)51-44)40-16-6-18-43-47(40)48-33(28-50-43)11-8-24-49-48;1-2-9-30-24(6-1)13-14-25-15-18-28(22-33(25)30)29-19-20-35-34(23-29)38-32(11-4-12-36(38)41-35)31-10-3-7-26-16-17-27-8-5-21-40-39(27)37(26)31/h2*1-28H;1-23H. The van der Waals surface area contributed by atoms with E-state index in [0.29, 0.717) is 0 Å². The first kappa shape index (κ1) is 81.4. The molecule has 0 aliphatic heterocycles. The predicted octanol–water partition coefficient (Wildman–Crippen LogP) is 37.7. The molecule has 0 radical (unpaired) electrons.